The van der Waals surface area contributed by atoms with Gasteiger partial charge in [-0.2, -0.15) is 0 Å². The fourth-order valence-electron chi connectivity index (χ4n) is 2.94. The van der Waals surface area contributed by atoms with Gasteiger partial charge in [-0.15, -0.1) is 0 Å². The number of carbonyl (C=O) groups is 1. The summed E-state index contributed by atoms with van der Waals surface area (Å²) in [4.78, 5) is 13.6. The summed E-state index contributed by atoms with van der Waals surface area (Å²) in [5, 5.41) is 3.03. The van der Waals surface area contributed by atoms with Crippen molar-refractivity contribution in [3.8, 4) is 0 Å². The Morgan fingerprint density at radius 1 is 1.30 bits per heavy atom. The van der Waals surface area contributed by atoms with Crippen LogP contribution in [0, 0.1) is 6.92 Å². The maximum absolute atomic E-state index is 11.1. The number of carbonyl (C=O) groups excluding carboxylic acids is 1. The van der Waals surface area contributed by atoms with Gasteiger partial charge in [0, 0.05) is 32.6 Å². The van der Waals surface area contributed by atoms with Crippen LogP contribution in [-0.2, 0) is 4.79 Å². The number of amides is 1. The van der Waals surface area contributed by atoms with E-state index in [1.807, 2.05) is 0 Å². The smallest absolute Gasteiger partial charge is 0.217 e. The number of benzene rings is 1. The van der Waals surface area contributed by atoms with Crippen molar-refractivity contribution < 1.29 is 4.79 Å². The molecule has 1 fully saturated rings. The number of hydrogen-bond acceptors (Lipinski definition) is 2. The van der Waals surface area contributed by atoms with Crippen molar-refractivity contribution >= 4 is 5.91 Å². The molecule has 1 unspecified atom stereocenters. The zero-order valence-electron chi connectivity index (χ0n) is 12.9. The van der Waals surface area contributed by atoms with Gasteiger partial charge in [-0.3, -0.25) is 4.79 Å². The second-order valence-corrected chi connectivity index (χ2v) is 6.09. The third kappa shape index (κ3) is 4.34. The lowest BCUT2D eigenvalue weighted by molar-refractivity contribution is -0.119. The molecule has 0 spiro atoms. The van der Waals surface area contributed by atoms with E-state index in [1.165, 1.54) is 11.1 Å². The first kappa shape index (κ1) is 15.0. The summed E-state index contributed by atoms with van der Waals surface area (Å²) in [6.45, 7) is 9.30. The Hall–Kier alpha value is -1.35. The minimum absolute atomic E-state index is 0.0940. The van der Waals surface area contributed by atoms with Gasteiger partial charge in [0.1, 0.15) is 0 Å². The van der Waals surface area contributed by atoms with Crippen molar-refractivity contribution in [2.45, 2.75) is 45.6 Å². The van der Waals surface area contributed by atoms with Crippen LogP contribution in [0.25, 0.3) is 0 Å². The molecule has 0 saturated carbocycles. The molecule has 1 atom stereocenters. The summed E-state index contributed by atoms with van der Waals surface area (Å²) in [5.74, 6) is 0.657. The quantitative estimate of drug-likeness (QED) is 0.915. The molecule has 0 aliphatic carbocycles. The molecule has 1 aromatic rings. The predicted molar refractivity (Wildman–Crippen MR) is 82.9 cm³/mol. The van der Waals surface area contributed by atoms with Gasteiger partial charge in [0.2, 0.25) is 5.91 Å². The van der Waals surface area contributed by atoms with Gasteiger partial charge in [-0.05, 0) is 31.2 Å². The van der Waals surface area contributed by atoms with E-state index in [-0.39, 0.29) is 5.91 Å². The molecule has 3 nitrogen and oxygen atoms in total. The third-order valence-electron chi connectivity index (χ3n) is 4.17. The number of nitrogens with zero attached hydrogens (tertiary/aromatic N) is 1. The summed E-state index contributed by atoms with van der Waals surface area (Å²) >= 11 is 0. The zero-order valence-corrected chi connectivity index (χ0v) is 12.9. The van der Waals surface area contributed by atoms with Gasteiger partial charge in [0.05, 0.1) is 0 Å². The second-order valence-electron chi connectivity index (χ2n) is 6.09. The van der Waals surface area contributed by atoms with Crippen LogP contribution in [0.1, 0.15) is 43.7 Å². The maximum atomic E-state index is 11.1. The first-order chi connectivity index (χ1) is 9.54. The fourth-order valence-corrected chi connectivity index (χ4v) is 2.94. The lowest BCUT2D eigenvalue weighted by Gasteiger charge is -2.33. The van der Waals surface area contributed by atoms with Crippen LogP contribution < -0.4 is 5.32 Å². The Labute approximate surface area is 122 Å². The Kier molecular flexibility index (Phi) is 5.18. The third-order valence-corrected chi connectivity index (χ3v) is 4.17. The summed E-state index contributed by atoms with van der Waals surface area (Å²) in [6.07, 6.45) is 2.14. The highest BCUT2D eigenvalue weighted by molar-refractivity contribution is 5.73. The fraction of sp³-hybridized carbons (Fsp3) is 0.588. The van der Waals surface area contributed by atoms with Gasteiger partial charge in [-0.25, -0.2) is 0 Å². The molecule has 20 heavy (non-hydrogen) atoms. The monoisotopic (exact) mass is 274 g/mol. The van der Waals surface area contributed by atoms with E-state index in [4.69, 9.17) is 0 Å². The number of rotatable bonds is 4. The van der Waals surface area contributed by atoms with Crippen molar-refractivity contribution in [1.29, 1.82) is 0 Å². The van der Waals surface area contributed by atoms with E-state index < -0.39 is 0 Å². The van der Waals surface area contributed by atoms with Crippen LogP contribution in [0.2, 0.25) is 0 Å². The molecule has 1 amide bonds. The average molecular weight is 274 g/mol. The number of piperidine rings is 1. The maximum Gasteiger partial charge on any atom is 0.217 e. The first-order valence-electron chi connectivity index (χ1n) is 7.60. The molecule has 1 saturated heterocycles. The van der Waals surface area contributed by atoms with Crippen molar-refractivity contribution in [2.75, 3.05) is 19.6 Å². The minimum atomic E-state index is 0.0940. The van der Waals surface area contributed by atoms with E-state index in [0.29, 0.717) is 12.0 Å². The highest BCUT2D eigenvalue weighted by Crippen LogP contribution is 2.19. The van der Waals surface area contributed by atoms with E-state index in [0.717, 1.165) is 32.5 Å². The van der Waals surface area contributed by atoms with Crippen LogP contribution in [0.4, 0.5) is 0 Å². The Balaban J connectivity index is 1.80. The number of hydrogen-bond donors (Lipinski definition) is 1. The lowest BCUT2D eigenvalue weighted by Crippen LogP contribution is -2.44. The highest BCUT2D eigenvalue weighted by Gasteiger charge is 2.21. The van der Waals surface area contributed by atoms with E-state index in [9.17, 15) is 4.79 Å². The van der Waals surface area contributed by atoms with Gasteiger partial charge < -0.3 is 10.2 Å². The normalized spacial score (nSPS) is 18.8. The van der Waals surface area contributed by atoms with Crippen LogP contribution in [0.3, 0.4) is 0 Å². The molecule has 0 aromatic heterocycles. The molecule has 2 rings (SSSR count). The standard InChI is InChI=1S/C17H26N2O/c1-13-4-6-16(7-5-13)14(2)12-19-10-8-17(9-11-19)18-15(3)20/h4-7,14,17H,8-12H2,1-3H3,(H,18,20). The molecular weight excluding hydrogens is 248 g/mol. The zero-order chi connectivity index (χ0) is 14.5. The molecule has 1 aromatic carbocycles. The summed E-state index contributed by atoms with van der Waals surface area (Å²) in [6, 6.07) is 9.23. The van der Waals surface area contributed by atoms with Gasteiger partial charge in [-0.1, -0.05) is 36.8 Å². The molecule has 110 valence electrons. The summed E-state index contributed by atoms with van der Waals surface area (Å²) < 4.78 is 0. The van der Waals surface area contributed by atoms with Crippen LogP contribution in [0.5, 0.6) is 0 Å². The molecule has 1 N–H and O–H groups in total. The Morgan fingerprint density at radius 3 is 2.45 bits per heavy atom. The topological polar surface area (TPSA) is 32.3 Å². The summed E-state index contributed by atoms with van der Waals surface area (Å²) in [5.41, 5.74) is 2.73. The van der Waals surface area contributed by atoms with Crippen LogP contribution >= 0.6 is 0 Å². The second kappa shape index (κ2) is 6.89. The average Bonchev–Trinajstić information content (AvgIpc) is 2.41. The molecule has 3 heteroatoms. The van der Waals surface area contributed by atoms with Crippen molar-refractivity contribution in [1.82, 2.24) is 10.2 Å². The first-order valence-corrected chi connectivity index (χ1v) is 7.60. The van der Waals surface area contributed by atoms with Crippen LogP contribution in [0.15, 0.2) is 24.3 Å². The highest BCUT2D eigenvalue weighted by atomic mass is 16.1. The Bertz CT molecular complexity index is 433. The number of likely N-dealkylation sites (tertiary alicyclic amines) is 1. The molecule has 1 aliphatic rings. The Morgan fingerprint density at radius 2 is 1.90 bits per heavy atom. The SMILES string of the molecule is CC(=O)NC1CCN(CC(C)c2ccc(C)cc2)CC1. The van der Waals surface area contributed by atoms with Gasteiger partial charge in [0.25, 0.3) is 0 Å². The lowest BCUT2D eigenvalue weighted by atomic mass is 9.97. The molecule has 1 heterocycles. The predicted octanol–water partition coefficient (Wildman–Crippen LogP) is 2.70. The van der Waals surface area contributed by atoms with Crippen molar-refractivity contribution in [2.24, 2.45) is 0 Å². The molecule has 0 radical (unpaired) electrons. The molecule has 1 aliphatic heterocycles. The van der Waals surface area contributed by atoms with Gasteiger partial charge >= 0.3 is 0 Å². The van der Waals surface area contributed by atoms with Crippen LogP contribution in [-0.4, -0.2) is 36.5 Å². The molecular formula is C17H26N2O. The van der Waals surface area contributed by atoms with Crippen molar-refractivity contribution in [3.63, 3.8) is 0 Å². The largest absolute Gasteiger partial charge is 0.354 e. The number of nitrogens with one attached hydrogen (secondary N) is 1. The summed E-state index contributed by atoms with van der Waals surface area (Å²) in [7, 11) is 0. The van der Waals surface area contributed by atoms with E-state index in [2.05, 4.69) is 48.3 Å². The van der Waals surface area contributed by atoms with E-state index >= 15 is 0 Å². The van der Waals surface area contributed by atoms with Gasteiger partial charge in [0.15, 0.2) is 0 Å². The number of aryl methyl sites for hydroxylation is 1. The van der Waals surface area contributed by atoms with E-state index in [1.54, 1.807) is 6.92 Å². The minimum Gasteiger partial charge on any atom is -0.354 e. The molecule has 0 bridgehead atoms. The van der Waals surface area contributed by atoms with Crippen molar-refractivity contribution in [3.05, 3.63) is 35.4 Å².